The van der Waals surface area contributed by atoms with Gasteiger partial charge < -0.3 is 4.74 Å². The molecule has 0 aliphatic heterocycles. The van der Waals surface area contributed by atoms with Crippen molar-refractivity contribution >= 4 is 12.6 Å². The van der Waals surface area contributed by atoms with Gasteiger partial charge in [-0.2, -0.15) is 12.6 Å². The number of rotatable bonds is 1. The van der Waals surface area contributed by atoms with Crippen LogP contribution in [0.15, 0.2) is 11.8 Å². The number of allylic oxidation sites excluding steroid dienone is 1. The van der Waals surface area contributed by atoms with Gasteiger partial charge in [-0.05, 0) is 18.4 Å². The van der Waals surface area contributed by atoms with Crippen LogP contribution in [0.2, 0.25) is 0 Å². The van der Waals surface area contributed by atoms with Gasteiger partial charge in [-0.3, -0.25) is 0 Å². The molecule has 0 aromatic rings. The first-order chi connectivity index (χ1) is 4.74. The van der Waals surface area contributed by atoms with E-state index in [1.54, 1.807) is 7.11 Å². The maximum absolute atomic E-state index is 5.12. The van der Waals surface area contributed by atoms with Crippen LogP contribution < -0.4 is 0 Å². The van der Waals surface area contributed by atoms with Crippen LogP contribution in [0.5, 0.6) is 0 Å². The summed E-state index contributed by atoms with van der Waals surface area (Å²) in [5.74, 6) is 1.79. The lowest BCUT2D eigenvalue weighted by Crippen LogP contribution is -2.15. The number of thiol groups is 1. The van der Waals surface area contributed by atoms with Crippen LogP contribution in [-0.2, 0) is 4.74 Å². The van der Waals surface area contributed by atoms with Gasteiger partial charge in [0.15, 0.2) is 0 Å². The summed E-state index contributed by atoms with van der Waals surface area (Å²) in [6.45, 7) is 2.22. The van der Waals surface area contributed by atoms with E-state index < -0.39 is 0 Å². The quantitative estimate of drug-likeness (QED) is 0.576. The smallest absolute Gasteiger partial charge is 0.0926 e. The van der Waals surface area contributed by atoms with E-state index in [1.165, 1.54) is 6.42 Å². The Labute approximate surface area is 67.9 Å². The molecule has 2 atom stereocenters. The zero-order chi connectivity index (χ0) is 7.56. The van der Waals surface area contributed by atoms with Crippen LogP contribution in [0.4, 0.5) is 0 Å². The first-order valence-corrected chi connectivity index (χ1v) is 4.18. The molecule has 0 aromatic carbocycles. The third-order valence-electron chi connectivity index (χ3n) is 2.05. The van der Waals surface area contributed by atoms with Gasteiger partial charge in [-0.15, -0.1) is 0 Å². The van der Waals surface area contributed by atoms with Crippen molar-refractivity contribution in [2.75, 3.05) is 7.11 Å². The summed E-state index contributed by atoms with van der Waals surface area (Å²) in [5.41, 5.74) is 0. The van der Waals surface area contributed by atoms with E-state index in [1.807, 2.05) is 0 Å². The summed E-state index contributed by atoms with van der Waals surface area (Å²) in [7, 11) is 1.72. The average Bonchev–Trinajstić information content (AvgIpc) is 1.95. The van der Waals surface area contributed by atoms with E-state index in [-0.39, 0.29) is 0 Å². The minimum absolute atomic E-state index is 0.392. The molecule has 10 heavy (non-hydrogen) atoms. The molecule has 2 heteroatoms. The second-order valence-electron chi connectivity index (χ2n) is 2.84. The van der Waals surface area contributed by atoms with Crippen LogP contribution in [0, 0.1) is 5.92 Å². The zero-order valence-corrected chi connectivity index (χ0v) is 7.40. The van der Waals surface area contributed by atoms with Gasteiger partial charge in [0.05, 0.1) is 12.9 Å². The van der Waals surface area contributed by atoms with Crippen LogP contribution in [0.1, 0.15) is 19.8 Å². The molecule has 0 heterocycles. The Morgan fingerprint density at radius 1 is 1.70 bits per heavy atom. The maximum Gasteiger partial charge on any atom is 0.0926 e. The molecule has 1 unspecified atom stereocenters. The van der Waals surface area contributed by atoms with Crippen molar-refractivity contribution in [2.24, 2.45) is 5.92 Å². The molecule has 0 saturated carbocycles. The second kappa shape index (κ2) is 3.33. The van der Waals surface area contributed by atoms with E-state index in [4.69, 9.17) is 4.74 Å². The van der Waals surface area contributed by atoms with Crippen molar-refractivity contribution in [2.45, 2.75) is 25.0 Å². The van der Waals surface area contributed by atoms with Crippen molar-refractivity contribution in [3.05, 3.63) is 11.8 Å². The van der Waals surface area contributed by atoms with Crippen molar-refractivity contribution in [3.63, 3.8) is 0 Å². The zero-order valence-electron chi connectivity index (χ0n) is 6.50. The summed E-state index contributed by atoms with van der Waals surface area (Å²) in [4.78, 5) is 0. The first-order valence-electron chi connectivity index (χ1n) is 3.67. The molecule has 0 saturated heterocycles. The molecule has 0 bridgehead atoms. The first kappa shape index (κ1) is 7.99. The lowest BCUT2D eigenvalue weighted by Gasteiger charge is -2.22. The summed E-state index contributed by atoms with van der Waals surface area (Å²) in [6, 6.07) is 0. The molecule has 1 rings (SSSR count). The number of hydrogen-bond donors (Lipinski definition) is 1. The van der Waals surface area contributed by atoms with Crippen molar-refractivity contribution < 1.29 is 4.74 Å². The van der Waals surface area contributed by atoms with Gasteiger partial charge in [-0.1, -0.05) is 6.92 Å². The fourth-order valence-corrected chi connectivity index (χ4v) is 1.46. The highest BCUT2D eigenvalue weighted by atomic mass is 32.1. The molecular formula is C8H14OS. The molecule has 0 N–H and O–H groups in total. The Morgan fingerprint density at radius 3 is 2.90 bits per heavy atom. The van der Waals surface area contributed by atoms with E-state index in [0.29, 0.717) is 11.2 Å². The fourth-order valence-electron chi connectivity index (χ4n) is 1.15. The highest BCUT2D eigenvalue weighted by Crippen LogP contribution is 2.26. The Balaban J connectivity index is 2.56. The molecular weight excluding hydrogens is 144 g/mol. The minimum Gasteiger partial charge on any atom is -0.501 e. The fraction of sp³-hybridized carbons (Fsp3) is 0.750. The Bertz CT molecular complexity index is 142. The van der Waals surface area contributed by atoms with Crippen molar-refractivity contribution in [1.82, 2.24) is 0 Å². The second-order valence-corrected chi connectivity index (χ2v) is 3.44. The van der Waals surface area contributed by atoms with E-state index in [2.05, 4.69) is 25.6 Å². The predicted octanol–water partition coefficient (Wildman–Crippen LogP) is 2.25. The van der Waals surface area contributed by atoms with Gasteiger partial charge in [-0.25, -0.2) is 0 Å². The summed E-state index contributed by atoms with van der Waals surface area (Å²) >= 11 is 4.41. The van der Waals surface area contributed by atoms with Gasteiger partial charge in [0.2, 0.25) is 0 Å². The Morgan fingerprint density at radius 2 is 2.40 bits per heavy atom. The SMILES string of the molecule is COC1=CC(S)[C@@H](C)CC1. The van der Waals surface area contributed by atoms with Crippen LogP contribution in [0.25, 0.3) is 0 Å². The molecule has 1 aliphatic rings. The number of ether oxygens (including phenoxy) is 1. The lowest BCUT2D eigenvalue weighted by molar-refractivity contribution is 0.258. The van der Waals surface area contributed by atoms with Crippen LogP contribution >= 0.6 is 12.6 Å². The van der Waals surface area contributed by atoms with Crippen molar-refractivity contribution in [1.29, 1.82) is 0 Å². The van der Waals surface area contributed by atoms with Gasteiger partial charge in [0, 0.05) is 11.7 Å². The standard InChI is InChI=1S/C8H14OS/c1-6-3-4-7(9-2)5-8(6)10/h5-6,8,10H,3-4H2,1-2H3/t6-,8?/m0/s1. The Hall–Kier alpha value is -0.110. The topological polar surface area (TPSA) is 9.23 Å². The highest BCUT2D eigenvalue weighted by Gasteiger charge is 2.17. The van der Waals surface area contributed by atoms with Gasteiger partial charge >= 0.3 is 0 Å². The molecule has 1 nitrogen and oxygen atoms in total. The molecule has 1 aliphatic carbocycles. The normalized spacial score (nSPS) is 33.3. The molecule has 0 fully saturated rings. The monoisotopic (exact) mass is 158 g/mol. The third kappa shape index (κ3) is 1.69. The molecule has 58 valence electrons. The maximum atomic E-state index is 5.12. The molecule has 0 aromatic heterocycles. The molecule has 0 amide bonds. The highest BCUT2D eigenvalue weighted by molar-refractivity contribution is 7.81. The van der Waals surface area contributed by atoms with Gasteiger partial charge in [0.25, 0.3) is 0 Å². The molecule has 0 spiro atoms. The van der Waals surface area contributed by atoms with Crippen molar-refractivity contribution in [3.8, 4) is 0 Å². The van der Waals surface area contributed by atoms with Crippen LogP contribution in [-0.4, -0.2) is 12.4 Å². The lowest BCUT2D eigenvalue weighted by atomic mass is 9.95. The predicted molar refractivity (Wildman–Crippen MR) is 46.3 cm³/mol. The Kier molecular flexibility index (Phi) is 2.66. The van der Waals surface area contributed by atoms with E-state index >= 15 is 0 Å². The van der Waals surface area contributed by atoms with E-state index in [0.717, 1.165) is 12.2 Å². The molecule has 0 radical (unpaired) electrons. The number of hydrogen-bond acceptors (Lipinski definition) is 2. The summed E-state index contributed by atoms with van der Waals surface area (Å²) in [6.07, 6.45) is 4.39. The van der Waals surface area contributed by atoms with Crippen LogP contribution in [0.3, 0.4) is 0 Å². The van der Waals surface area contributed by atoms with Gasteiger partial charge in [0.1, 0.15) is 0 Å². The van der Waals surface area contributed by atoms with E-state index in [9.17, 15) is 0 Å². The minimum atomic E-state index is 0.392. The average molecular weight is 158 g/mol. The summed E-state index contributed by atoms with van der Waals surface area (Å²) < 4.78 is 5.12. The largest absolute Gasteiger partial charge is 0.501 e. The number of methoxy groups -OCH3 is 1. The third-order valence-corrected chi connectivity index (χ3v) is 2.71. The summed E-state index contributed by atoms with van der Waals surface area (Å²) in [5, 5.41) is 0.392.